The summed E-state index contributed by atoms with van der Waals surface area (Å²) in [6.07, 6.45) is 3.00. The quantitative estimate of drug-likeness (QED) is 0.792. The van der Waals surface area contributed by atoms with Gasteiger partial charge in [-0.2, -0.15) is 0 Å². The van der Waals surface area contributed by atoms with Crippen LogP contribution in [0.15, 0.2) is 24.5 Å². The number of pyridine rings is 1. The molecule has 0 aliphatic carbocycles. The molecule has 0 fully saturated rings. The molecule has 2 N–H and O–H groups in total. The Morgan fingerprint density at radius 2 is 2.18 bits per heavy atom. The second-order valence-corrected chi connectivity index (χ2v) is 4.35. The van der Waals surface area contributed by atoms with Gasteiger partial charge < -0.3 is 10.5 Å². The zero-order chi connectivity index (χ0) is 12.9. The van der Waals surface area contributed by atoms with Crippen molar-refractivity contribution < 1.29 is 14.3 Å². The number of carbonyl (C=O) groups excluding carboxylic acids is 2. The predicted octanol–water partition coefficient (Wildman–Crippen LogP) is 1.92. The van der Waals surface area contributed by atoms with Gasteiger partial charge in [0.15, 0.2) is 5.78 Å². The van der Waals surface area contributed by atoms with Crippen molar-refractivity contribution in [3.63, 3.8) is 0 Å². The average Bonchev–Trinajstić information content (AvgIpc) is 2.25. The maximum Gasteiger partial charge on any atom is 0.405 e. The smallest absolute Gasteiger partial charge is 0.405 e. The average molecular weight is 236 g/mol. The lowest BCUT2D eigenvalue weighted by Crippen LogP contribution is -2.31. The molecule has 92 valence electrons. The number of nitrogens with two attached hydrogens (primary N) is 1. The molecule has 0 spiro atoms. The molecule has 1 amide bonds. The summed E-state index contributed by atoms with van der Waals surface area (Å²) in [4.78, 5) is 26.3. The number of rotatable bonds is 5. The molecule has 0 saturated carbocycles. The minimum Gasteiger partial charge on any atom is -0.444 e. The Labute approximate surface area is 100.0 Å². The van der Waals surface area contributed by atoms with E-state index in [2.05, 4.69) is 4.98 Å². The van der Waals surface area contributed by atoms with Crippen LogP contribution in [0.5, 0.6) is 0 Å². The number of ether oxygens (including phenoxy) is 1. The molecule has 0 atom stereocenters. The Kier molecular flexibility index (Phi) is 4.20. The maximum absolute atomic E-state index is 11.8. The Hall–Kier alpha value is -1.91. The van der Waals surface area contributed by atoms with Crippen LogP contribution in [0.1, 0.15) is 37.0 Å². The van der Waals surface area contributed by atoms with Crippen molar-refractivity contribution in [2.24, 2.45) is 5.73 Å². The van der Waals surface area contributed by atoms with Crippen LogP contribution in [0, 0.1) is 0 Å². The Morgan fingerprint density at radius 3 is 2.71 bits per heavy atom. The van der Waals surface area contributed by atoms with E-state index in [9.17, 15) is 9.59 Å². The normalized spacial score (nSPS) is 10.9. The van der Waals surface area contributed by atoms with Gasteiger partial charge in [-0.25, -0.2) is 4.79 Å². The number of ketones is 1. The van der Waals surface area contributed by atoms with Gasteiger partial charge in [0.05, 0.1) is 0 Å². The lowest BCUT2D eigenvalue weighted by atomic mass is 9.98. The van der Waals surface area contributed by atoms with E-state index in [0.717, 1.165) is 0 Å². The van der Waals surface area contributed by atoms with Gasteiger partial charge in [-0.3, -0.25) is 9.78 Å². The van der Waals surface area contributed by atoms with E-state index in [1.807, 2.05) is 0 Å². The van der Waals surface area contributed by atoms with Crippen molar-refractivity contribution >= 4 is 11.9 Å². The number of amides is 1. The molecule has 0 aliphatic heterocycles. The summed E-state index contributed by atoms with van der Waals surface area (Å²) in [5.41, 5.74) is 4.77. The van der Waals surface area contributed by atoms with E-state index in [4.69, 9.17) is 10.5 Å². The molecule has 0 radical (unpaired) electrons. The zero-order valence-electron chi connectivity index (χ0n) is 9.97. The predicted molar refractivity (Wildman–Crippen MR) is 62.5 cm³/mol. The lowest BCUT2D eigenvalue weighted by molar-refractivity contribution is 0.0366. The third-order valence-electron chi connectivity index (χ3n) is 2.31. The molecule has 1 heterocycles. The van der Waals surface area contributed by atoms with Gasteiger partial charge >= 0.3 is 6.09 Å². The van der Waals surface area contributed by atoms with Gasteiger partial charge in [0.25, 0.3) is 0 Å². The molecule has 1 rings (SSSR count). The topological polar surface area (TPSA) is 82.3 Å². The number of hydrogen-bond acceptors (Lipinski definition) is 4. The van der Waals surface area contributed by atoms with Crippen LogP contribution in [0.4, 0.5) is 4.79 Å². The Bertz CT molecular complexity index is 401. The van der Waals surface area contributed by atoms with E-state index in [0.29, 0.717) is 12.0 Å². The first-order valence-electron chi connectivity index (χ1n) is 5.32. The number of aromatic nitrogens is 1. The van der Waals surface area contributed by atoms with E-state index in [-0.39, 0.29) is 12.2 Å². The number of nitrogens with zero attached hydrogens (tertiary/aromatic N) is 1. The highest BCUT2D eigenvalue weighted by Gasteiger charge is 2.23. The van der Waals surface area contributed by atoms with Crippen molar-refractivity contribution in [1.29, 1.82) is 0 Å². The molecular formula is C12H16N2O3. The van der Waals surface area contributed by atoms with Crippen LogP contribution in [0.3, 0.4) is 0 Å². The van der Waals surface area contributed by atoms with Crippen molar-refractivity contribution in [2.45, 2.75) is 32.3 Å². The molecule has 0 bridgehead atoms. The summed E-state index contributed by atoms with van der Waals surface area (Å²) in [7, 11) is 0. The fraction of sp³-hybridized carbons (Fsp3) is 0.417. The summed E-state index contributed by atoms with van der Waals surface area (Å²) >= 11 is 0. The van der Waals surface area contributed by atoms with Gasteiger partial charge in [0.1, 0.15) is 5.60 Å². The molecule has 5 nitrogen and oxygen atoms in total. The minimum atomic E-state index is -0.830. The SMILES string of the molecule is CC(C)(CCC(=O)c1cccnc1)OC(N)=O. The van der Waals surface area contributed by atoms with Crippen LogP contribution < -0.4 is 5.73 Å². The minimum absolute atomic E-state index is 0.0285. The largest absolute Gasteiger partial charge is 0.444 e. The molecule has 1 aromatic heterocycles. The van der Waals surface area contributed by atoms with Crippen LogP contribution >= 0.6 is 0 Å². The van der Waals surface area contributed by atoms with Crippen LogP contribution in [0.25, 0.3) is 0 Å². The summed E-state index contributed by atoms with van der Waals surface area (Å²) < 4.78 is 4.89. The van der Waals surface area contributed by atoms with Gasteiger partial charge in [-0.1, -0.05) is 0 Å². The Morgan fingerprint density at radius 1 is 1.47 bits per heavy atom. The molecule has 0 aliphatic rings. The molecule has 5 heteroatoms. The fourth-order valence-corrected chi connectivity index (χ4v) is 1.41. The first-order chi connectivity index (χ1) is 7.91. The van der Waals surface area contributed by atoms with Crippen molar-refractivity contribution in [1.82, 2.24) is 4.98 Å². The summed E-state index contributed by atoms with van der Waals surface area (Å²) in [6, 6.07) is 3.41. The highest BCUT2D eigenvalue weighted by Crippen LogP contribution is 2.18. The molecule has 17 heavy (non-hydrogen) atoms. The fourth-order valence-electron chi connectivity index (χ4n) is 1.41. The Balaban J connectivity index is 2.51. The van der Waals surface area contributed by atoms with Gasteiger partial charge in [-0.05, 0) is 32.4 Å². The van der Waals surface area contributed by atoms with Gasteiger partial charge in [0, 0.05) is 24.4 Å². The van der Waals surface area contributed by atoms with E-state index < -0.39 is 11.7 Å². The molecule has 0 aromatic carbocycles. The second-order valence-electron chi connectivity index (χ2n) is 4.35. The third-order valence-corrected chi connectivity index (χ3v) is 2.31. The monoisotopic (exact) mass is 236 g/mol. The lowest BCUT2D eigenvalue weighted by Gasteiger charge is -2.23. The molecule has 0 unspecified atom stereocenters. The standard InChI is InChI=1S/C12H16N2O3/c1-12(2,17-11(13)16)6-5-10(15)9-4-3-7-14-8-9/h3-4,7-8H,5-6H2,1-2H3,(H2,13,16). The van der Waals surface area contributed by atoms with Crippen LogP contribution in [-0.4, -0.2) is 22.5 Å². The van der Waals surface area contributed by atoms with Gasteiger partial charge in [-0.15, -0.1) is 0 Å². The van der Waals surface area contributed by atoms with Gasteiger partial charge in [0.2, 0.25) is 0 Å². The van der Waals surface area contributed by atoms with E-state index >= 15 is 0 Å². The first-order valence-corrected chi connectivity index (χ1v) is 5.32. The number of primary amides is 1. The number of carbonyl (C=O) groups is 2. The zero-order valence-corrected chi connectivity index (χ0v) is 9.97. The van der Waals surface area contributed by atoms with Crippen molar-refractivity contribution in [3.05, 3.63) is 30.1 Å². The summed E-state index contributed by atoms with van der Waals surface area (Å²) in [5.74, 6) is -0.0285. The first kappa shape index (κ1) is 13.2. The van der Waals surface area contributed by atoms with Crippen LogP contribution in [0.2, 0.25) is 0 Å². The van der Waals surface area contributed by atoms with Crippen LogP contribution in [-0.2, 0) is 4.74 Å². The molecular weight excluding hydrogens is 220 g/mol. The van der Waals surface area contributed by atoms with E-state index in [1.165, 1.54) is 6.20 Å². The summed E-state index contributed by atoms with van der Waals surface area (Å²) in [5, 5.41) is 0. The number of Topliss-reactive ketones (excluding diaryl/α,β-unsaturated/α-hetero) is 1. The second kappa shape index (κ2) is 5.43. The van der Waals surface area contributed by atoms with E-state index in [1.54, 1.807) is 32.2 Å². The summed E-state index contributed by atoms with van der Waals surface area (Å²) in [6.45, 7) is 3.43. The van der Waals surface area contributed by atoms with Crippen molar-refractivity contribution in [3.8, 4) is 0 Å². The van der Waals surface area contributed by atoms with Crippen molar-refractivity contribution in [2.75, 3.05) is 0 Å². The highest BCUT2D eigenvalue weighted by atomic mass is 16.6. The number of hydrogen-bond donors (Lipinski definition) is 1. The molecule has 1 aromatic rings. The third kappa shape index (κ3) is 4.63. The highest BCUT2D eigenvalue weighted by molar-refractivity contribution is 5.95. The maximum atomic E-state index is 11.8. The molecule has 0 saturated heterocycles.